The molecule has 7 aromatic rings. The number of rotatable bonds is 15. The molecule has 5 heterocycles. The Bertz CT molecular complexity index is 3270. The lowest BCUT2D eigenvalue weighted by Crippen LogP contribution is -2.47. The van der Waals surface area contributed by atoms with Crippen molar-refractivity contribution in [1.82, 2.24) is 25.9 Å². The van der Waals surface area contributed by atoms with E-state index in [0.717, 1.165) is 17.7 Å². The van der Waals surface area contributed by atoms with Gasteiger partial charge in [0.15, 0.2) is 11.4 Å². The minimum Gasteiger partial charge on any atom is -0.508 e. The zero-order valence-electron chi connectivity index (χ0n) is 39.0. The Hall–Kier alpha value is -8.71. The number of amides is 4. The smallest absolute Gasteiger partial charge is 0.416 e. The van der Waals surface area contributed by atoms with Crippen LogP contribution in [0.5, 0.6) is 23.0 Å². The van der Waals surface area contributed by atoms with Gasteiger partial charge in [0.25, 0.3) is 5.91 Å². The number of alkyl halides is 3. The lowest BCUT2D eigenvalue weighted by atomic mass is 9.77. The third-order valence-electron chi connectivity index (χ3n) is 13.0. The highest BCUT2D eigenvalue weighted by Crippen LogP contribution is 2.57. The third kappa shape index (κ3) is 9.37. The van der Waals surface area contributed by atoms with Crippen LogP contribution in [0.1, 0.15) is 92.6 Å². The first kappa shape index (κ1) is 47.9. The number of oxazole rings is 1. The van der Waals surface area contributed by atoms with Crippen molar-refractivity contribution in [2.24, 2.45) is 0 Å². The first-order chi connectivity index (χ1) is 35.2. The van der Waals surface area contributed by atoms with Crippen LogP contribution in [0.25, 0.3) is 22.6 Å². The number of phenols is 2. The van der Waals surface area contributed by atoms with E-state index in [1.54, 1.807) is 73.8 Å². The number of fused-ring (bicyclic) bond motifs is 7. The van der Waals surface area contributed by atoms with Gasteiger partial charge in [-0.2, -0.15) is 13.2 Å². The summed E-state index contributed by atoms with van der Waals surface area (Å²) in [5, 5.41) is 32.1. The molecule has 0 saturated heterocycles. The number of hydrogen-bond donors (Lipinski definition) is 6. The number of halogens is 3. The Morgan fingerprint density at radius 1 is 0.795 bits per heavy atom. The van der Waals surface area contributed by atoms with Gasteiger partial charge in [-0.1, -0.05) is 42.8 Å². The van der Waals surface area contributed by atoms with E-state index >= 15 is 0 Å². The molecule has 0 fully saturated rings. The van der Waals surface area contributed by atoms with Crippen molar-refractivity contribution in [2.75, 3.05) is 30.4 Å². The lowest BCUT2D eigenvalue weighted by Gasteiger charge is -2.42. The summed E-state index contributed by atoms with van der Waals surface area (Å²) in [7, 11) is 1.80. The maximum Gasteiger partial charge on any atom is 0.416 e. The van der Waals surface area contributed by atoms with Gasteiger partial charge in [0.1, 0.15) is 28.8 Å². The third-order valence-corrected chi connectivity index (χ3v) is 13.0. The van der Waals surface area contributed by atoms with E-state index in [4.69, 9.17) is 13.9 Å². The van der Waals surface area contributed by atoms with Crippen LogP contribution in [-0.4, -0.2) is 64.1 Å². The van der Waals surface area contributed by atoms with E-state index in [2.05, 4.69) is 31.2 Å². The molecule has 0 bridgehead atoms. The quantitative estimate of drug-likeness (QED) is 0.0418. The van der Waals surface area contributed by atoms with E-state index in [0.29, 0.717) is 84.0 Å². The summed E-state index contributed by atoms with van der Waals surface area (Å²) in [4.78, 5) is 63.7. The highest BCUT2D eigenvalue weighted by atomic mass is 19.4. The molecule has 372 valence electrons. The number of nitrogens with one attached hydrogen (secondary N) is 4. The number of benzene rings is 5. The van der Waals surface area contributed by atoms with Crippen molar-refractivity contribution in [3.8, 4) is 45.6 Å². The maximum atomic E-state index is 13.8. The van der Waals surface area contributed by atoms with Crippen LogP contribution in [0.4, 0.5) is 29.5 Å². The SMILES string of the molecule is CNCC[C@H]1c2ccc(-c3cccc(C(F)(F)F)c3)nc2N1C(=O)Nc1cccc(-c2cnc(CNC(=O)CCCCCNC(=O)c3ccc4c(c3)C(=O)OC43c4ccc(O)cc4Oc4cc(O)ccc43)o2)c1. The summed E-state index contributed by atoms with van der Waals surface area (Å²) >= 11 is 0. The average molecular weight is 994 g/mol. The first-order valence-electron chi connectivity index (χ1n) is 23.5. The monoisotopic (exact) mass is 993 g/mol. The van der Waals surface area contributed by atoms with Crippen molar-refractivity contribution in [2.45, 2.75) is 56.5 Å². The molecule has 3 aliphatic heterocycles. The maximum absolute atomic E-state index is 13.8. The van der Waals surface area contributed by atoms with Crippen LogP contribution >= 0.6 is 0 Å². The Balaban J connectivity index is 0.692. The molecule has 0 aliphatic carbocycles. The molecular formula is C54H46F3N7O9. The van der Waals surface area contributed by atoms with E-state index < -0.39 is 29.3 Å². The Kier molecular flexibility index (Phi) is 12.8. The van der Waals surface area contributed by atoms with Gasteiger partial charge in [-0.05, 0) is 99.6 Å². The van der Waals surface area contributed by atoms with Crippen molar-refractivity contribution < 1.29 is 56.5 Å². The molecule has 0 unspecified atom stereocenters. The van der Waals surface area contributed by atoms with Crippen LogP contribution < -0.4 is 30.9 Å². The van der Waals surface area contributed by atoms with E-state index in [-0.39, 0.29) is 76.4 Å². The van der Waals surface area contributed by atoms with E-state index in [1.165, 1.54) is 47.5 Å². The second kappa shape index (κ2) is 19.5. The van der Waals surface area contributed by atoms with E-state index in [9.17, 15) is 42.6 Å². The fourth-order valence-corrected chi connectivity index (χ4v) is 9.41. The molecule has 73 heavy (non-hydrogen) atoms. The molecular weight excluding hydrogens is 948 g/mol. The van der Waals surface area contributed by atoms with Crippen molar-refractivity contribution in [3.63, 3.8) is 0 Å². The lowest BCUT2D eigenvalue weighted by molar-refractivity contribution is -0.137. The Labute approximate surface area is 415 Å². The number of aromatic nitrogens is 2. The van der Waals surface area contributed by atoms with Crippen molar-refractivity contribution in [1.29, 1.82) is 0 Å². The standard InChI is InChI=1S/C54H46F3N7O9/c1-58-22-20-43-37-15-19-42(30-7-5-9-33(23-30)54(55,56)57)63-49(37)64(43)52(70)62-34-10-6-8-31(24-34)46-28-61-48(72-46)29-60-47(67)11-3-2-4-21-59-50(68)32-12-16-39-38(25-32)51(69)73-53(39)40-17-13-35(65)26-44(40)71-45-27-36(66)14-18-41(45)53/h5-10,12-19,23-28,43,58,65-66H,2-4,11,20-22,29H2,1H3,(H,59,68)(H,60,67)(H,62,70)/t43-/m0/s1. The molecule has 4 amide bonds. The number of nitrogens with zero attached hydrogens (tertiary/aromatic N) is 3. The van der Waals surface area contributed by atoms with Gasteiger partial charge in [0, 0.05) is 69.7 Å². The van der Waals surface area contributed by atoms with Crippen LogP contribution in [0.2, 0.25) is 0 Å². The second-order valence-electron chi connectivity index (χ2n) is 17.7. The normalized spacial score (nSPS) is 14.7. The number of carbonyl (C=O) groups is 4. The number of pyridine rings is 1. The van der Waals surface area contributed by atoms with Gasteiger partial charge in [0.05, 0.1) is 35.6 Å². The summed E-state index contributed by atoms with van der Waals surface area (Å²) in [5.41, 5.74) is 2.09. The summed E-state index contributed by atoms with van der Waals surface area (Å²) in [6, 6.07) is 28.2. The van der Waals surface area contributed by atoms with Gasteiger partial charge in [-0.15, -0.1) is 0 Å². The zero-order valence-corrected chi connectivity index (χ0v) is 39.0. The molecule has 1 spiro atoms. The van der Waals surface area contributed by atoms with Gasteiger partial charge in [-0.25, -0.2) is 19.6 Å². The first-order valence-corrected chi connectivity index (χ1v) is 23.5. The van der Waals surface area contributed by atoms with Crippen molar-refractivity contribution >= 4 is 35.3 Å². The molecule has 6 N–H and O–H groups in total. The zero-order chi connectivity index (χ0) is 51.0. The molecule has 16 nitrogen and oxygen atoms in total. The van der Waals surface area contributed by atoms with Gasteiger partial charge in [0.2, 0.25) is 11.8 Å². The molecule has 0 saturated carbocycles. The number of hydrogen-bond acceptors (Lipinski definition) is 12. The van der Waals surface area contributed by atoms with E-state index in [1.807, 2.05) is 0 Å². The predicted octanol–water partition coefficient (Wildman–Crippen LogP) is 9.71. The summed E-state index contributed by atoms with van der Waals surface area (Å²) < 4.78 is 58.4. The molecule has 5 aromatic carbocycles. The molecule has 0 radical (unpaired) electrons. The highest BCUT2D eigenvalue weighted by Gasteiger charge is 2.54. The average Bonchev–Trinajstić information content (AvgIpc) is 3.96. The molecule has 10 rings (SSSR count). The molecule has 19 heteroatoms. The molecule has 3 aliphatic rings. The van der Waals surface area contributed by atoms with Crippen LogP contribution in [0.3, 0.4) is 0 Å². The Morgan fingerprint density at radius 2 is 1.53 bits per heavy atom. The number of carbonyl (C=O) groups excluding carboxylic acids is 4. The number of anilines is 2. The van der Waals surface area contributed by atoms with Gasteiger partial charge < -0.3 is 45.4 Å². The minimum atomic E-state index is -4.52. The summed E-state index contributed by atoms with van der Waals surface area (Å²) in [6.45, 7) is 0.972. The van der Waals surface area contributed by atoms with Gasteiger partial charge in [-0.3, -0.25) is 14.5 Å². The fraction of sp³-hybridized carbons (Fsp3) is 0.222. The number of unbranched alkanes of at least 4 members (excludes halogenated alkanes) is 2. The fourth-order valence-electron chi connectivity index (χ4n) is 9.41. The number of ether oxygens (including phenoxy) is 2. The molecule has 2 aromatic heterocycles. The highest BCUT2D eigenvalue weighted by molar-refractivity contribution is 6.05. The second-order valence-corrected chi connectivity index (χ2v) is 17.7. The van der Waals surface area contributed by atoms with Crippen LogP contribution in [0, 0.1) is 0 Å². The summed E-state index contributed by atoms with van der Waals surface area (Å²) in [5.74, 6) is 0.155. The minimum absolute atomic E-state index is 0.0403. The number of phenolic OH excluding ortho intramolecular Hbond substituents is 2. The van der Waals surface area contributed by atoms with Crippen LogP contribution in [-0.2, 0) is 27.9 Å². The van der Waals surface area contributed by atoms with Crippen molar-refractivity contribution in [3.05, 3.63) is 166 Å². The largest absolute Gasteiger partial charge is 0.508 e. The summed E-state index contributed by atoms with van der Waals surface area (Å²) in [6.07, 6.45) is -0.400. The number of aromatic hydroxyl groups is 2. The predicted molar refractivity (Wildman–Crippen MR) is 260 cm³/mol. The molecule has 1 atom stereocenters. The van der Waals surface area contributed by atoms with Gasteiger partial charge >= 0.3 is 18.2 Å². The van der Waals surface area contributed by atoms with Crippen LogP contribution in [0.15, 0.2) is 126 Å². The topological polar surface area (TPSA) is 217 Å². The number of esters is 1. The Morgan fingerprint density at radius 3 is 2.29 bits per heavy atom. The number of urea groups is 1.